The predicted octanol–water partition coefficient (Wildman–Crippen LogP) is 4.19. The molecule has 4 nitrogen and oxygen atoms in total. The van der Waals surface area contributed by atoms with Gasteiger partial charge in [-0.3, -0.25) is 9.62 Å². The molecule has 0 atom stereocenters. The second-order valence-corrected chi connectivity index (χ2v) is 8.41. The van der Waals surface area contributed by atoms with Crippen molar-refractivity contribution in [2.24, 2.45) is 0 Å². The zero-order valence-electron chi connectivity index (χ0n) is 14.7. The van der Waals surface area contributed by atoms with Gasteiger partial charge >= 0.3 is 6.18 Å². The highest BCUT2D eigenvalue weighted by molar-refractivity contribution is 7.92. The summed E-state index contributed by atoms with van der Waals surface area (Å²) < 4.78 is 64.8. The highest BCUT2D eigenvalue weighted by Gasteiger charge is 2.27. The van der Waals surface area contributed by atoms with Crippen LogP contribution in [0.2, 0.25) is 0 Å². The molecule has 1 aliphatic rings. The Labute approximate surface area is 157 Å². The molecule has 2 aromatic rings. The number of likely N-dealkylation sites (tertiary alicyclic amines) is 1. The first-order valence-electron chi connectivity index (χ1n) is 8.71. The molecule has 1 saturated heterocycles. The van der Waals surface area contributed by atoms with Crippen molar-refractivity contribution in [3.8, 4) is 0 Å². The summed E-state index contributed by atoms with van der Waals surface area (Å²) in [6.07, 6.45) is -3.05. The van der Waals surface area contributed by atoms with E-state index in [1.807, 2.05) is 6.07 Å². The molecule has 2 aromatic carbocycles. The minimum Gasteiger partial charge on any atom is -0.299 e. The molecule has 0 radical (unpaired) electrons. The van der Waals surface area contributed by atoms with Gasteiger partial charge in [-0.25, -0.2) is 8.42 Å². The van der Waals surface area contributed by atoms with Gasteiger partial charge in [-0.1, -0.05) is 24.3 Å². The Bertz CT molecular complexity index is 875. The molecule has 1 N–H and O–H groups in total. The quantitative estimate of drug-likeness (QED) is 0.794. The lowest BCUT2D eigenvalue weighted by molar-refractivity contribution is -0.127. The molecule has 1 heterocycles. The predicted molar refractivity (Wildman–Crippen MR) is 98.0 cm³/mol. The number of alkyl halides is 3. The number of hydrogen-bond donors (Lipinski definition) is 1. The minimum absolute atomic E-state index is 0.0223. The van der Waals surface area contributed by atoms with Crippen LogP contribution < -0.4 is 4.72 Å². The number of hydrogen-bond acceptors (Lipinski definition) is 3. The fourth-order valence-corrected chi connectivity index (χ4v) is 4.21. The second-order valence-electron chi connectivity index (χ2n) is 6.73. The Morgan fingerprint density at radius 1 is 0.963 bits per heavy atom. The van der Waals surface area contributed by atoms with Crippen LogP contribution in [0.3, 0.4) is 0 Å². The zero-order valence-corrected chi connectivity index (χ0v) is 15.5. The normalized spacial score (nSPS) is 15.8. The molecule has 0 bridgehead atoms. The molecular formula is C19H21F3N2O2S. The Morgan fingerprint density at radius 3 is 2.26 bits per heavy atom. The zero-order chi connectivity index (χ0) is 19.5. The third kappa shape index (κ3) is 5.71. The fraction of sp³-hybridized carbons (Fsp3) is 0.368. The summed E-state index contributed by atoms with van der Waals surface area (Å²) in [6.45, 7) is 2.85. The van der Waals surface area contributed by atoms with Gasteiger partial charge in [-0.05, 0) is 61.3 Å². The molecular weight excluding hydrogens is 377 g/mol. The van der Waals surface area contributed by atoms with Crippen LogP contribution in [-0.4, -0.2) is 32.6 Å². The maximum Gasteiger partial charge on any atom is 0.393 e. The molecule has 3 rings (SSSR count). The van der Waals surface area contributed by atoms with Crippen LogP contribution in [0.1, 0.15) is 24.0 Å². The van der Waals surface area contributed by atoms with E-state index in [0.717, 1.165) is 25.2 Å². The van der Waals surface area contributed by atoms with Gasteiger partial charge in [0.1, 0.15) is 0 Å². The monoisotopic (exact) mass is 398 g/mol. The van der Waals surface area contributed by atoms with Gasteiger partial charge in [0.25, 0.3) is 10.0 Å². The average Bonchev–Trinajstić information content (AvgIpc) is 3.07. The van der Waals surface area contributed by atoms with Crippen molar-refractivity contribution in [1.29, 1.82) is 0 Å². The van der Waals surface area contributed by atoms with Gasteiger partial charge in [0.15, 0.2) is 0 Å². The maximum atomic E-state index is 12.5. The molecule has 0 amide bonds. The molecule has 0 aliphatic carbocycles. The summed E-state index contributed by atoms with van der Waals surface area (Å²) >= 11 is 0. The smallest absolute Gasteiger partial charge is 0.299 e. The van der Waals surface area contributed by atoms with E-state index in [-0.39, 0.29) is 10.5 Å². The molecule has 0 saturated carbocycles. The van der Waals surface area contributed by atoms with Gasteiger partial charge in [-0.15, -0.1) is 0 Å². The van der Waals surface area contributed by atoms with E-state index >= 15 is 0 Å². The molecule has 146 valence electrons. The Kier molecular flexibility index (Phi) is 5.76. The van der Waals surface area contributed by atoms with Crippen LogP contribution in [0.15, 0.2) is 53.4 Å². The van der Waals surface area contributed by atoms with Crippen LogP contribution in [-0.2, 0) is 23.0 Å². The topological polar surface area (TPSA) is 49.4 Å². The van der Waals surface area contributed by atoms with Crippen LogP contribution >= 0.6 is 0 Å². The van der Waals surface area contributed by atoms with Crippen molar-refractivity contribution in [2.45, 2.75) is 36.9 Å². The molecule has 0 aromatic heterocycles. The summed E-state index contributed by atoms with van der Waals surface area (Å²) in [4.78, 5) is 2.24. The van der Waals surface area contributed by atoms with E-state index in [1.54, 1.807) is 18.2 Å². The first-order valence-corrected chi connectivity index (χ1v) is 10.2. The number of halogens is 3. The van der Waals surface area contributed by atoms with Crippen molar-refractivity contribution in [3.05, 3.63) is 59.7 Å². The first-order chi connectivity index (χ1) is 12.7. The average molecular weight is 398 g/mol. The summed E-state index contributed by atoms with van der Waals surface area (Å²) in [5.41, 5.74) is 1.47. The standard InChI is InChI=1S/C19H21F3N2O2S/c20-19(21,22)13-15-6-8-18(9-7-15)27(25,26)23-17-5-3-4-16(12-17)14-24-10-1-2-11-24/h3-9,12,23H,1-2,10-11,13-14H2. The van der Waals surface area contributed by atoms with Gasteiger partial charge in [0.05, 0.1) is 11.3 Å². The van der Waals surface area contributed by atoms with Crippen molar-refractivity contribution in [2.75, 3.05) is 17.8 Å². The van der Waals surface area contributed by atoms with Gasteiger partial charge in [0.2, 0.25) is 0 Å². The number of anilines is 1. The molecule has 1 aliphatic heterocycles. The number of nitrogens with one attached hydrogen (secondary N) is 1. The summed E-state index contributed by atoms with van der Waals surface area (Å²) in [5, 5.41) is 0. The number of rotatable bonds is 6. The van der Waals surface area contributed by atoms with Crippen LogP contribution in [0.25, 0.3) is 0 Å². The Balaban J connectivity index is 1.70. The van der Waals surface area contributed by atoms with E-state index in [2.05, 4.69) is 9.62 Å². The first kappa shape index (κ1) is 19.7. The van der Waals surface area contributed by atoms with E-state index in [9.17, 15) is 21.6 Å². The molecule has 1 fully saturated rings. The minimum atomic E-state index is -4.32. The number of benzene rings is 2. The molecule has 27 heavy (non-hydrogen) atoms. The van der Waals surface area contributed by atoms with Gasteiger partial charge in [-0.2, -0.15) is 13.2 Å². The Morgan fingerprint density at radius 2 is 1.63 bits per heavy atom. The van der Waals surface area contributed by atoms with Crippen molar-refractivity contribution in [1.82, 2.24) is 4.90 Å². The van der Waals surface area contributed by atoms with E-state index in [4.69, 9.17) is 0 Å². The van der Waals surface area contributed by atoms with E-state index in [1.165, 1.54) is 37.1 Å². The molecule has 0 spiro atoms. The third-order valence-electron chi connectivity index (χ3n) is 4.42. The van der Waals surface area contributed by atoms with Gasteiger partial charge < -0.3 is 0 Å². The van der Waals surface area contributed by atoms with E-state index in [0.29, 0.717) is 5.69 Å². The highest BCUT2D eigenvalue weighted by atomic mass is 32.2. The lowest BCUT2D eigenvalue weighted by Crippen LogP contribution is -2.18. The number of nitrogens with zero attached hydrogens (tertiary/aromatic N) is 1. The third-order valence-corrected chi connectivity index (χ3v) is 5.82. The fourth-order valence-electron chi connectivity index (χ4n) is 3.16. The van der Waals surface area contributed by atoms with E-state index < -0.39 is 22.6 Å². The van der Waals surface area contributed by atoms with Crippen molar-refractivity contribution >= 4 is 15.7 Å². The lowest BCUT2D eigenvalue weighted by Gasteiger charge is -2.15. The van der Waals surface area contributed by atoms with Gasteiger partial charge in [0, 0.05) is 12.2 Å². The lowest BCUT2D eigenvalue weighted by atomic mass is 10.1. The summed E-state index contributed by atoms with van der Waals surface area (Å²) in [6, 6.07) is 11.9. The summed E-state index contributed by atoms with van der Waals surface area (Å²) in [5.74, 6) is 0. The van der Waals surface area contributed by atoms with Crippen LogP contribution in [0.4, 0.5) is 18.9 Å². The summed E-state index contributed by atoms with van der Waals surface area (Å²) in [7, 11) is -3.86. The van der Waals surface area contributed by atoms with Crippen molar-refractivity contribution in [3.63, 3.8) is 0 Å². The van der Waals surface area contributed by atoms with Crippen molar-refractivity contribution < 1.29 is 21.6 Å². The SMILES string of the molecule is O=S(=O)(Nc1cccc(CN2CCCC2)c1)c1ccc(CC(F)(F)F)cc1. The second kappa shape index (κ2) is 7.90. The van der Waals surface area contributed by atoms with Crippen LogP contribution in [0, 0.1) is 0 Å². The van der Waals surface area contributed by atoms with Crippen LogP contribution in [0.5, 0.6) is 0 Å². The maximum absolute atomic E-state index is 12.5. The number of sulfonamides is 1. The highest BCUT2D eigenvalue weighted by Crippen LogP contribution is 2.23. The Hall–Kier alpha value is -2.06. The molecule has 8 heteroatoms. The molecule has 0 unspecified atom stereocenters. The largest absolute Gasteiger partial charge is 0.393 e.